The van der Waals surface area contributed by atoms with Crippen LogP contribution in [0.15, 0.2) is 18.3 Å². The van der Waals surface area contributed by atoms with E-state index in [0.29, 0.717) is 25.4 Å². The summed E-state index contributed by atoms with van der Waals surface area (Å²) in [7, 11) is 0. The second-order valence-electron chi connectivity index (χ2n) is 5.52. The van der Waals surface area contributed by atoms with Gasteiger partial charge in [-0.1, -0.05) is 5.10 Å². The highest BCUT2D eigenvalue weighted by Crippen LogP contribution is 2.17. The van der Waals surface area contributed by atoms with E-state index in [1.54, 1.807) is 6.20 Å². The average Bonchev–Trinajstić information content (AvgIpc) is 2.96. The molecule has 0 aliphatic carbocycles. The van der Waals surface area contributed by atoms with E-state index in [1.807, 2.05) is 19.1 Å². The molecule has 0 spiro atoms. The molecule has 1 saturated heterocycles. The van der Waals surface area contributed by atoms with Gasteiger partial charge in [0, 0.05) is 12.3 Å². The van der Waals surface area contributed by atoms with Crippen molar-refractivity contribution in [1.29, 1.82) is 0 Å². The molecule has 10 heteroatoms. The standard InChI is InChI=1S/C14H19N7O3/c1-9-2-3-10(6-16-9)24-12-8-23-5-4-11(12)17-13(22)7-21-14(15)18-19-20-21/h2-3,6,11-12H,4-5,7-8H2,1H3,(H,17,22)(H2,15,18,20)/t11-,12+/m0/s1. The Morgan fingerprint density at radius 1 is 1.54 bits per heavy atom. The van der Waals surface area contributed by atoms with Gasteiger partial charge in [0.05, 0.1) is 18.8 Å². The number of aryl methyl sites for hydroxylation is 1. The molecule has 2 aromatic rings. The molecule has 0 bridgehead atoms. The maximum absolute atomic E-state index is 12.2. The van der Waals surface area contributed by atoms with Crippen molar-refractivity contribution in [2.75, 3.05) is 18.9 Å². The summed E-state index contributed by atoms with van der Waals surface area (Å²) >= 11 is 0. The van der Waals surface area contributed by atoms with Gasteiger partial charge in [0.15, 0.2) is 0 Å². The molecule has 3 heterocycles. The summed E-state index contributed by atoms with van der Waals surface area (Å²) in [6.45, 7) is 2.81. The van der Waals surface area contributed by atoms with Crippen molar-refractivity contribution in [2.24, 2.45) is 0 Å². The number of hydrogen-bond acceptors (Lipinski definition) is 8. The SMILES string of the molecule is Cc1ccc(O[C@@H]2COCC[C@@H]2NC(=O)Cn2nnnc2N)cn1. The topological polar surface area (TPSA) is 130 Å². The molecule has 1 fully saturated rings. The van der Waals surface area contributed by atoms with Crippen LogP contribution in [0, 0.1) is 6.92 Å². The Morgan fingerprint density at radius 3 is 3.12 bits per heavy atom. The normalized spacial score (nSPS) is 20.5. The summed E-state index contributed by atoms with van der Waals surface area (Å²) in [5.41, 5.74) is 6.47. The Morgan fingerprint density at radius 2 is 2.42 bits per heavy atom. The fourth-order valence-corrected chi connectivity index (χ4v) is 2.40. The van der Waals surface area contributed by atoms with E-state index in [0.717, 1.165) is 5.69 Å². The first-order valence-corrected chi connectivity index (χ1v) is 7.60. The molecule has 1 aliphatic rings. The van der Waals surface area contributed by atoms with E-state index in [4.69, 9.17) is 15.2 Å². The second kappa shape index (κ2) is 7.21. The molecule has 1 amide bonds. The third-order valence-corrected chi connectivity index (χ3v) is 3.68. The van der Waals surface area contributed by atoms with Crippen molar-refractivity contribution in [3.63, 3.8) is 0 Å². The minimum absolute atomic E-state index is 0.0466. The van der Waals surface area contributed by atoms with Crippen LogP contribution in [0.3, 0.4) is 0 Å². The molecule has 0 aromatic carbocycles. The van der Waals surface area contributed by atoms with Crippen LogP contribution in [0.4, 0.5) is 5.95 Å². The number of nitrogens with one attached hydrogen (secondary N) is 1. The van der Waals surface area contributed by atoms with E-state index in [9.17, 15) is 4.79 Å². The van der Waals surface area contributed by atoms with Crippen LogP contribution < -0.4 is 15.8 Å². The van der Waals surface area contributed by atoms with Gasteiger partial charge in [-0.3, -0.25) is 9.78 Å². The number of pyridine rings is 1. The third kappa shape index (κ3) is 3.96. The predicted molar refractivity (Wildman–Crippen MR) is 83.0 cm³/mol. The average molecular weight is 333 g/mol. The number of nitrogen functional groups attached to an aromatic ring is 1. The van der Waals surface area contributed by atoms with E-state index in [1.165, 1.54) is 4.68 Å². The minimum atomic E-state index is -0.293. The zero-order chi connectivity index (χ0) is 16.9. The summed E-state index contributed by atoms with van der Waals surface area (Å²) in [5.74, 6) is 0.493. The molecule has 2 aromatic heterocycles. The van der Waals surface area contributed by atoms with Gasteiger partial charge in [-0.25, -0.2) is 4.68 Å². The molecule has 0 unspecified atom stereocenters. The van der Waals surface area contributed by atoms with Gasteiger partial charge in [-0.2, -0.15) is 0 Å². The van der Waals surface area contributed by atoms with Crippen LogP contribution in [-0.2, 0) is 16.1 Å². The molecule has 0 radical (unpaired) electrons. The van der Waals surface area contributed by atoms with Gasteiger partial charge in [-0.15, -0.1) is 0 Å². The maximum Gasteiger partial charge on any atom is 0.242 e. The summed E-state index contributed by atoms with van der Waals surface area (Å²) in [4.78, 5) is 16.4. The third-order valence-electron chi connectivity index (χ3n) is 3.68. The quantitative estimate of drug-likeness (QED) is 0.735. The monoisotopic (exact) mass is 333 g/mol. The zero-order valence-electron chi connectivity index (χ0n) is 13.3. The van der Waals surface area contributed by atoms with Gasteiger partial charge in [0.25, 0.3) is 0 Å². The summed E-state index contributed by atoms with van der Waals surface area (Å²) in [6.07, 6.45) is 2.02. The van der Waals surface area contributed by atoms with Gasteiger partial charge in [-0.05, 0) is 35.9 Å². The van der Waals surface area contributed by atoms with E-state index in [-0.39, 0.29) is 30.5 Å². The van der Waals surface area contributed by atoms with Gasteiger partial charge >= 0.3 is 0 Å². The van der Waals surface area contributed by atoms with Crippen molar-refractivity contribution in [3.05, 3.63) is 24.0 Å². The van der Waals surface area contributed by atoms with Crippen molar-refractivity contribution in [3.8, 4) is 5.75 Å². The van der Waals surface area contributed by atoms with Gasteiger partial charge < -0.3 is 20.5 Å². The highest BCUT2D eigenvalue weighted by Gasteiger charge is 2.29. The highest BCUT2D eigenvalue weighted by atomic mass is 16.5. The maximum atomic E-state index is 12.2. The largest absolute Gasteiger partial charge is 0.484 e. The number of nitrogens with two attached hydrogens (primary N) is 1. The number of carbonyl (C=O) groups is 1. The molecule has 128 valence electrons. The van der Waals surface area contributed by atoms with E-state index >= 15 is 0 Å². The predicted octanol–water partition coefficient (Wildman–Crippen LogP) is -0.689. The van der Waals surface area contributed by atoms with E-state index < -0.39 is 0 Å². The Hall–Kier alpha value is -2.75. The van der Waals surface area contributed by atoms with Crippen molar-refractivity contribution in [1.82, 2.24) is 30.5 Å². The fraction of sp³-hybridized carbons (Fsp3) is 0.500. The lowest BCUT2D eigenvalue weighted by atomic mass is 10.1. The second-order valence-corrected chi connectivity index (χ2v) is 5.52. The first-order chi connectivity index (χ1) is 11.6. The highest BCUT2D eigenvalue weighted by molar-refractivity contribution is 5.76. The van der Waals surface area contributed by atoms with Crippen LogP contribution in [0.1, 0.15) is 12.1 Å². The molecular formula is C14H19N7O3. The fourth-order valence-electron chi connectivity index (χ4n) is 2.40. The molecule has 1 aliphatic heterocycles. The van der Waals surface area contributed by atoms with Gasteiger partial charge in [0.2, 0.25) is 11.9 Å². The first kappa shape index (κ1) is 16.1. The lowest BCUT2D eigenvalue weighted by Gasteiger charge is -2.32. The minimum Gasteiger partial charge on any atom is -0.484 e. The molecule has 0 saturated carbocycles. The lowest BCUT2D eigenvalue weighted by Crippen LogP contribution is -2.52. The molecule has 3 rings (SSSR count). The lowest BCUT2D eigenvalue weighted by molar-refractivity contribution is -0.124. The van der Waals surface area contributed by atoms with Crippen LogP contribution in [0.2, 0.25) is 0 Å². The summed E-state index contributed by atoms with van der Waals surface area (Å²) in [5, 5.41) is 13.5. The van der Waals surface area contributed by atoms with Gasteiger partial charge in [0.1, 0.15) is 18.4 Å². The number of carbonyl (C=O) groups excluding carboxylic acids is 1. The molecular weight excluding hydrogens is 314 g/mol. The van der Waals surface area contributed by atoms with E-state index in [2.05, 4.69) is 25.8 Å². The first-order valence-electron chi connectivity index (χ1n) is 7.60. The number of rotatable bonds is 5. The number of tetrazole rings is 1. The summed E-state index contributed by atoms with van der Waals surface area (Å²) < 4.78 is 12.6. The molecule has 10 nitrogen and oxygen atoms in total. The van der Waals surface area contributed by atoms with Crippen molar-refractivity contribution >= 4 is 11.9 Å². The van der Waals surface area contributed by atoms with Crippen LogP contribution >= 0.6 is 0 Å². The van der Waals surface area contributed by atoms with Crippen LogP contribution in [0.5, 0.6) is 5.75 Å². The van der Waals surface area contributed by atoms with Crippen molar-refractivity contribution in [2.45, 2.75) is 32.0 Å². The smallest absolute Gasteiger partial charge is 0.242 e. The number of ether oxygens (including phenoxy) is 2. The van der Waals surface area contributed by atoms with Crippen LogP contribution in [0.25, 0.3) is 0 Å². The number of hydrogen-bond donors (Lipinski definition) is 2. The zero-order valence-corrected chi connectivity index (χ0v) is 13.3. The Labute approximate surface area is 138 Å². The molecule has 3 N–H and O–H groups in total. The number of amides is 1. The van der Waals surface area contributed by atoms with Crippen molar-refractivity contribution < 1.29 is 14.3 Å². The van der Waals surface area contributed by atoms with Crippen LogP contribution in [-0.4, -0.2) is 56.5 Å². The Balaban J connectivity index is 1.60. The molecule has 2 atom stereocenters. The molecule has 24 heavy (non-hydrogen) atoms. The number of nitrogens with zero attached hydrogens (tertiary/aromatic N) is 5. The Kier molecular flexibility index (Phi) is 4.85. The number of anilines is 1. The number of aromatic nitrogens is 5. The Bertz CT molecular complexity index is 688. The summed E-state index contributed by atoms with van der Waals surface area (Å²) in [6, 6.07) is 3.54.